The third kappa shape index (κ3) is 2.35. The van der Waals surface area contributed by atoms with Gasteiger partial charge in [-0.05, 0) is 43.2 Å². The molecule has 0 aliphatic carbocycles. The minimum Gasteiger partial charge on any atom is -0.479 e. The number of aliphatic carboxylic acids is 1. The number of hydrogen-bond acceptors (Lipinski definition) is 4. The van der Waals surface area contributed by atoms with Gasteiger partial charge in [-0.25, -0.2) is 4.79 Å². The largest absolute Gasteiger partial charge is 0.479 e. The first-order valence-electron chi connectivity index (χ1n) is 7.06. The molecule has 1 aliphatic heterocycles. The van der Waals surface area contributed by atoms with Crippen LogP contribution in [0, 0.1) is 13.8 Å². The molecule has 6 nitrogen and oxygen atoms in total. The average molecular weight is 303 g/mol. The number of carbonyl (C=O) groups excluding carboxylic acids is 1. The van der Waals surface area contributed by atoms with Gasteiger partial charge >= 0.3 is 5.97 Å². The molecule has 2 aromatic rings. The number of furan rings is 1. The van der Waals surface area contributed by atoms with Crippen LogP contribution in [-0.4, -0.2) is 35.7 Å². The van der Waals surface area contributed by atoms with E-state index in [-0.39, 0.29) is 18.8 Å². The van der Waals surface area contributed by atoms with Gasteiger partial charge in [-0.1, -0.05) is 0 Å². The highest BCUT2D eigenvalue weighted by molar-refractivity contribution is 5.99. The maximum Gasteiger partial charge on any atom is 0.331 e. The summed E-state index contributed by atoms with van der Waals surface area (Å²) in [5, 5.41) is 12.7. The molecule has 0 saturated carbocycles. The van der Waals surface area contributed by atoms with Crippen molar-refractivity contribution in [1.82, 2.24) is 5.32 Å². The van der Waals surface area contributed by atoms with E-state index in [0.29, 0.717) is 12.2 Å². The van der Waals surface area contributed by atoms with Crippen molar-refractivity contribution >= 4 is 22.8 Å². The van der Waals surface area contributed by atoms with Gasteiger partial charge in [-0.15, -0.1) is 0 Å². The molecule has 22 heavy (non-hydrogen) atoms. The number of carboxylic acids is 1. The Labute approximate surface area is 127 Å². The highest BCUT2D eigenvalue weighted by Gasteiger charge is 2.44. The number of ether oxygens (including phenoxy) is 1. The Bertz CT molecular complexity index is 716. The fraction of sp³-hybridized carbons (Fsp3) is 0.375. The fourth-order valence-electron chi connectivity index (χ4n) is 2.58. The summed E-state index contributed by atoms with van der Waals surface area (Å²) >= 11 is 0. The van der Waals surface area contributed by atoms with E-state index in [0.717, 1.165) is 16.5 Å². The highest BCUT2D eigenvalue weighted by atomic mass is 16.5. The SMILES string of the molecule is Cc1cc2cc(C(=O)NC3(C(=O)O)CCOC3)oc2cc1C. The van der Waals surface area contributed by atoms with Gasteiger partial charge in [-0.3, -0.25) is 4.79 Å². The van der Waals surface area contributed by atoms with E-state index >= 15 is 0 Å². The number of benzene rings is 1. The molecule has 1 aliphatic rings. The van der Waals surface area contributed by atoms with Gasteiger partial charge in [0.15, 0.2) is 11.3 Å². The van der Waals surface area contributed by atoms with Crippen molar-refractivity contribution in [1.29, 1.82) is 0 Å². The molecule has 1 aromatic carbocycles. The van der Waals surface area contributed by atoms with E-state index in [2.05, 4.69) is 5.32 Å². The lowest BCUT2D eigenvalue weighted by molar-refractivity contribution is -0.144. The van der Waals surface area contributed by atoms with Crippen molar-refractivity contribution in [2.45, 2.75) is 25.8 Å². The van der Waals surface area contributed by atoms with Gasteiger partial charge in [0.05, 0.1) is 6.61 Å². The lowest BCUT2D eigenvalue weighted by Crippen LogP contribution is -2.55. The fourth-order valence-corrected chi connectivity index (χ4v) is 2.58. The van der Waals surface area contributed by atoms with E-state index in [4.69, 9.17) is 9.15 Å². The zero-order valence-corrected chi connectivity index (χ0v) is 12.4. The molecule has 0 bridgehead atoms. The first kappa shape index (κ1) is 14.6. The Morgan fingerprint density at radius 3 is 2.59 bits per heavy atom. The molecule has 1 amide bonds. The number of amides is 1. The van der Waals surface area contributed by atoms with Gasteiger partial charge in [0, 0.05) is 18.4 Å². The van der Waals surface area contributed by atoms with E-state index in [1.165, 1.54) is 0 Å². The van der Waals surface area contributed by atoms with Crippen LogP contribution < -0.4 is 5.32 Å². The topological polar surface area (TPSA) is 88.8 Å². The first-order valence-corrected chi connectivity index (χ1v) is 7.06. The summed E-state index contributed by atoms with van der Waals surface area (Å²) in [6, 6.07) is 5.44. The molecule has 6 heteroatoms. The van der Waals surface area contributed by atoms with Gasteiger partial charge < -0.3 is 19.6 Å². The van der Waals surface area contributed by atoms with Crippen LogP contribution in [0.4, 0.5) is 0 Å². The molecule has 1 saturated heterocycles. The van der Waals surface area contributed by atoms with Crippen molar-refractivity contribution in [2.24, 2.45) is 0 Å². The van der Waals surface area contributed by atoms with Crippen LogP contribution in [0.5, 0.6) is 0 Å². The third-order valence-corrected chi connectivity index (χ3v) is 4.14. The second-order valence-corrected chi connectivity index (χ2v) is 5.73. The third-order valence-electron chi connectivity index (χ3n) is 4.14. The summed E-state index contributed by atoms with van der Waals surface area (Å²) in [7, 11) is 0. The van der Waals surface area contributed by atoms with Crippen molar-refractivity contribution in [3.63, 3.8) is 0 Å². The predicted octanol–water partition coefficient (Wildman–Crippen LogP) is 2.02. The van der Waals surface area contributed by atoms with E-state index in [9.17, 15) is 14.7 Å². The summed E-state index contributed by atoms with van der Waals surface area (Å²) in [5.41, 5.74) is 1.41. The van der Waals surface area contributed by atoms with E-state index in [1.807, 2.05) is 26.0 Å². The quantitative estimate of drug-likeness (QED) is 0.905. The Morgan fingerprint density at radius 2 is 1.95 bits per heavy atom. The number of aryl methyl sites for hydroxylation is 2. The standard InChI is InChI=1S/C16H17NO5/c1-9-5-11-7-13(22-12(11)6-10(9)2)14(18)17-16(15(19)20)3-4-21-8-16/h5-7H,3-4,8H2,1-2H3,(H,17,18)(H,19,20). The van der Waals surface area contributed by atoms with Crippen molar-refractivity contribution in [3.8, 4) is 0 Å². The Kier molecular flexibility index (Phi) is 3.41. The minimum atomic E-state index is -1.37. The summed E-state index contributed by atoms with van der Waals surface area (Å²) in [5.74, 6) is -1.53. The normalized spacial score (nSPS) is 21.2. The van der Waals surface area contributed by atoms with Crippen LogP contribution in [0.3, 0.4) is 0 Å². The molecule has 1 aromatic heterocycles. The smallest absolute Gasteiger partial charge is 0.331 e. The van der Waals surface area contributed by atoms with Crippen LogP contribution in [0.1, 0.15) is 28.1 Å². The van der Waals surface area contributed by atoms with Crippen LogP contribution >= 0.6 is 0 Å². The second-order valence-electron chi connectivity index (χ2n) is 5.73. The van der Waals surface area contributed by atoms with E-state index < -0.39 is 17.4 Å². The number of hydrogen-bond donors (Lipinski definition) is 2. The molecule has 1 unspecified atom stereocenters. The van der Waals surface area contributed by atoms with Gasteiger partial charge in [-0.2, -0.15) is 0 Å². The number of fused-ring (bicyclic) bond motifs is 1. The highest BCUT2D eigenvalue weighted by Crippen LogP contribution is 2.25. The van der Waals surface area contributed by atoms with Crippen molar-refractivity contribution in [2.75, 3.05) is 13.2 Å². The Morgan fingerprint density at radius 1 is 1.23 bits per heavy atom. The molecular weight excluding hydrogens is 286 g/mol. The number of nitrogens with one attached hydrogen (secondary N) is 1. The van der Waals surface area contributed by atoms with Crippen molar-refractivity contribution in [3.05, 3.63) is 35.1 Å². The zero-order chi connectivity index (χ0) is 15.9. The summed E-state index contributed by atoms with van der Waals surface area (Å²) in [6.07, 6.45) is 0.243. The van der Waals surface area contributed by atoms with Crippen LogP contribution in [0.25, 0.3) is 11.0 Å². The number of rotatable bonds is 3. The summed E-state index contributed by atoms with van der Waals surface area (Å²) in [4.78, 5) is 23.8. The van der Waals surface area contributed by atoms with Gasteiger partial charge in [0.25, 0.3) is 5.91 Å². The first-order chi connectivity index (χ1) is 10.4. The molecular formula is C16H17NO5. The van der Waals surface area contributed by atoms with Gasteiger partial charge in [0.2, 0.25) is 0 Å². The monoisotopic (exact) mass is 303 g/mol. The maximum atomic E-state index is 12.3. The van der Waals surface area contributed by atoms with Crippen LogP contribution in [0.2, 0.25) is 0 Å². The Balaban J connectivity index is 1.90. The van der Waals surface area contributed by atoms with Crippen LogP contribution in [-0.2, 0) is 9.53 Å². The van der Waals surface area contributed by atoms with Crippen LogP contribution in [0.15, 0.2) is 22.6 Å². The zero-order valence-electron chi connectivity index (χ0n) is 12.4. The van der Waals surface area contributed by atoms with Gasteiger partial charge in [0.1, 0.15) is 5.58 Å². The molecule has 1 fully saturated rings. The molecule has 0 spiro atoms. The molecule has 2 N–H and O–H groups in total. The average Bonchev–Trinajstić information content (AvgIpc) is 3.07. The second kappa shape index (κ2) is 5.14. The maximum absolute atomic E-state index is 12.3. The molecule has 116 valence electrons. The Hall–Kier alpha value is -2.34. The van der Waals surface area contributed by atoms with Crippen molar-refractivity contribution < 1.29 is 23.8 Å². The molecule has 2 heterocycles. The summed E-state index contributed by atoms with van der Waals surface area (Å²) < 4.78 is 10.7. The predicted molar refractivity (Wildman–Crippen MR) is 79.0 cm³/mol. The lowest BCUT2D eigenvalue weighted by Gasteiger charge is -2.22. The molecule has 0 radical (unpaired) electrons. The minimum absolute atomic E-state index is 0.0352. The molecule has 1 atom stereocenters. The van der Waals surface area contributed by atoms with E-state index in [1.54, 1.807) is 6.07 Å². The number of carboxylic acid groups (broad SMARTS) is 1. The summed E-state index contributed by atoms with van der Waals surface area (Å²) in [6.45, 7) is 4.22. The lowest BCUT2D eigenvalue weighted by atomic mass is 9.99. The number of carbonyl (C=O) groups is 2. The molecule has 3 rings (SSSR count).